The highest BCUT2D eigenvalue weighted by atomic mass is 16.6. The molecule has 6 heteroatoms. The maximum Gasteiger partial charge on any atom is 0.398 e. The lowest BCUT2D eigenvalue weighted by Gasteiger charge is -2.35. The van der Waals surface area contributed by atoms with Crippen LogP contribution in [0.3, 0.4) is 0 Å². The Balaban J connectivity index is 1.66. The minimum absolute atomic E-state index is 0.262. The fourth-order valence-corrected chi connectivity index (χ4v) is 2.52. The van der Waals surface area contributed by atoms with Gasteiger partial charge in [-0.25, -0.2) is 4.79 Å². The lowest BCUT2D eigenvalue weighted by molar-refractivity contribution is -0.149. The lowest BCUT2D eigenvalue weighted by Crippen LogP contribution is -2.45. The zero-order valence-electron chi connectivity index (χ0n) is 10.8. The fourth-order valence-electron chi connectivity index (χ4n) is 2.52. The second-order valence-electron chi connectivity index (χ2n) is 5.03. The SMILES string of the molecule is CC1CN(CCCC2NC(=O)C(=O)O2)CC(C)O1. The summed E-state index contributed by atoms with van der Waals surface area (Å²) in [6.45, 7) is 6.94. The van der Waals surface area contributed by atoms with E-state index in [0.29, 0.717) is 6.42 Å². The van der Waals surface area contributed by atoms with Gasteiger partial charge in [0.05, 0.1) is 12.2 Å². The van der Waals surface area contributed by atoms with E-state index in [1.54, 1.807) is 0 Å². The molecule has 0 aliphatic carbocycles. The van der Waals surface area contributed by atoms with Crippen molar-refractivity contribution in [2.75, 3.05) is 19.6 Å². The van der Waals surface area contributed by atoms with E-state index in [0.717, 1.165) is 26.1 Å². The van der Waals surface area contributed by atoms with Gasteiger partial charge in [0, 0.05) is 19.5 Å². The van der Waals surface area contributed by atoms with E-state index in [1.165, 1.54) is 0 Å². The summed E-state index contributed by atoms with van der Waals surface area (Å²) in [7, 11) is 0. The summed E-state index contributed by atoms with van der Waals surface area (Å²) in [5.41, 5.74) is 0. The van der Waals surface area contributed by atoms with Gasteiger partial charge in [-0.3, -0.25) is 9.69 Å². The molecule has 2 heterocycles. The molecule has 2 fully saturated rings. The standard InChI is InChI=1S/C12H20N2O4/c1-8-6-14(7-9(2)17-8)5-3-4-10-13-11(15)12(16)18-10/h8-10H,3-7H2,1-2H3,(H,13,15). The number of ether oxygens (including phenoxy) is 2. The maximum atomic E-state index is 10.9. The predicted octanol–water partition coefficient (Wildman–Crippen LogP) is -0.125. The summed E-state index contributed by atoms with van der Waals surface area (Å²) in [5.74, 6) is -1.40. The minimum Gasteiger partial charge on any atom is -0.435 e. The van der Waals surface area contributed by atoms with Crippen molar-refractivity contribution in [2.24, 2.45) is 0 Å². The molecule has 3 atom stereocenters. The molecule has 18 heavy (non-hydrogen) atoms. The number of nitrogens with one attached hydrogen (secondary N) is 1. The van der Waals surface area contributed by atoms with Crippen molar-refractivity contribution in [1.82, 2.24) is 10.2 Å². The average Bonchev–Trinajstić information content (AvgIpc) is 2.57. The van der Waals surface area contributed by atoms with Gasteiger partial charge in [-0.2, -0.15) is 0 Å². The molecule has 0 bridgehead atoms. The Morgan fingerprint density at radius 3 is 2.50 bits per heavy atom. The van der Waals surface area contributed by atoms with Crippen LogP contribution in [0.2, 0.25) is 0 Å². The number of cyclic esters (lactones) is 1. The first kappa shape index (κ1) is 13.3. The van der Waals surface area contributed by atoms with Crippen molar-refractivity contribution in [1.29, 1.82) is 0 Å². The molecular weight excluding hydrogens is 236 g/mol. The monoisotopic (exact) mass is 256 g/mol. The largest absolute Gasteiger partial charge is 0.435 e. The van der Waals surface area contributed by atoms with Crippen molar-refractivity contribution in [2.45, 2.75) is 45.1 Å². The van der Waals surface area contributed by atoms with Crippen LogP contribution >= 0.6 is 0 Å². The second-order valence-corrected chi connectivity index (χ2v) is 5.03. The maximum absolute atomic E-state index is 10.9. The molecule has 6 nitrogen and oxygen atoms in total. The Morgan fingerprint density at radius 2 is 1.94 bits per heavy atom. The molecular formula is C12H20N2O4. The molecule has 0 aromatic carbocycles. The molecule has 2 rings (SSSR count). The molecule has 0 saturated carbocycles. The van der Waals surface area contributed by atoms with Crippen molar-refractivity contribution in [3.63, 3.8) is 0 Å². The Hall–Kier alpha value is -1.14. The minimum atomic E-state index is -0.770. The van der Waals surface area contributed by atoms with Gasteiger partial charge in [0.1, 0.15) is 0 Å². The number of esters is 1. The van der Waals surface area contributed by atoms with Crippen LogP contribution in [0.5, 0.6) is 0 Å². The number of hydrogen-bond acceptors (Lipinski definition) is 5. The number of hydrogen-bond donors (Lipinski definition) is 1. The van der Waals surface area contributed by atoms with Crippen LogP contribution in [-0.2, 0) is 19.1 Å². The fraction of sp³-hybridized carbons (Fsp3) is 0.833. The zero-order valence-corrected chi connectivity index (χ0v) is 10.8. The van der Waals surface area contributed by atoms with Crippen LogP contribution < -0.4 is 5.32 Å². The quantitative estimate of drug-likeness (QED) is 0.561. The first-order chi connectivity index (χ1) is 8.54. The first-order valence-corrected chi connectivity index (χ1v) is 6.44. The van der Waals surface area contributed by atoms with Gasteiger partial charge < -0.3 is 14.8 Å². The molecule has 0 aromatic rings. The van der Waals surface area contributed by atoms with Crippen LogP contribution in [0.1, 0.15) is 26.7 Å². The van der Waals surface area contributed by atoms with Crippen LogP contribution in [0.4, 0.5) is 0 Å². The summed E-state index contributed by atoms with van der Waals surface area (Å²) >= 11 is 0. The highest BCUT2D eigenvalue weighted by Gasteiger charge is 2.31. The van der Waals surface area contributed by atoms with E-state index in [2.05, 4.69) is 24.1 Å². The Bertz CT molecular complexity index is 308. The summed E-state index contributed by atoms with van der Waals surface area (Å²) in [4.78, 5) is 24.1. The molecule has 0 spiro atoms. The van der Waals surface area contributed by atoms with E-state index in [1.807, 2.05) is 0 Å². The number of nitrogens with zero attached hydrogens (tertiary/aromatic N) is 1. The van der Waals surface area contributed by atoms with Crippen molar-refractivity contribution in [3.8, 4) is 0 Å². The number of rotatable bonds is 4. The van der Waals surface area contributed by atoms with E-state index in [4.69, 9.17) is 9.47 Å². The van der Waals surface area contributed by atoms with Gasteiger partial charge in [-0.05, 0) is 26.8 Å². The third-order valence-corrected chi connectivity index (χ3v) is 3.16. The molecule has 2 aliphatic rings. The number of carbonyl (C=O) groups is 2. The van der Waals surface area contributed by atoms with E-state index >= 15 is 0 Å². The summed E-state index contributed by atoms with van der Waals surface area (Å²) in [5, 5.41) is 2.51. The third kappa shape index (κ3) is 3.43. The Labute approximate surface area is 107 Å². The smallest absolute Gasteiger partial charge is 0.398 e. The molecule has 1 amide bonds. The number of morpholine rings is 1. The topological polar surface area (TPSA) is 67.9 Å². The van der Waals surface area contributed by atoms with Gasteiger partial charge in [-0.15, -0.1) is 0 Å². The summed E-state index contributed by atoms with van der Waals surface area (Å²) in [6.07, 6.45) is 1.63. The van der Waals surface area contributed by atoms with Crippen molar-refractivity contribution < 1.29 is 19.1 Å². The van der Waals surface area contributed by atoms with Gasteiger partial charge in [0.2, 0.25) is 0 Å². The second kappa shape index (κ2) is 5.67. The highest BCUT2D eigenvalue weighted by molar-refractivity contribution is 6.34. The normalized spacial score (nSPS) is 33.3. The Kier molecular flexibility index (Phi) is 4.19. The van der Waals surface area contributed by atoms with E-state index < -0.39 is 18.1 Å². The lowest BCUT2D eigenvalue weighted by atomic mass is 10.2. The van der Waals surface area contributed by atoms with E-state index in [-0.39, 0.29) is 12.2 Å². The Morgan fingerprint density at radius 1 is 1.28 bits per heavy atom. The van der Waals surface area contributed by atoms with Crippen LogP contribution in [0.15, 0.2) is 0 Å². The predicted molar refractivity (Wildman–Crippen MR) is 63.7 cm³/mol. The molecule has 3 unspecified atom stereocenters. The van der Waals surface area contributed by atoms with Gasteiger partial charge in [0.15, 0.2) is 6.23 Å². The number of amides is 1. The van der Waals surface area contributed by atoms with Crippen LogP contribution in [0, 0.1) is 0 Å². The third-order valence-electron chi connectivity index (χ3n) is 3.16. The van der Waals surface area contributed by atoms with Crippen molar-refractivity contribution in [3.05, 3.63) is 0 Å². The molecule has 102 valence electrons. The van der Waals surface area contributed by atoms with Gasteiger partial charge >= 0.3 is 11.9 Å². The molecule has 2 aliphatic heterocycles. The average molecular weight is 256 g/mol. The first-order valence-electron chi connectivity index (χ1n) is 6.44. The number of carbonyl (C=O) groups excluding carboxylic acids is 2. The molecule has 0 radical (unpaired) electrons. The van der Waals surface area contributed by atoms with Crippen LogP contribution in [-0.4, -0.2) is 54.8 Å². The molecule has 2 saturated heterocycles. The van der Waals surface area contributed by atoms with Gasteiger partial charge in [-0.1, -0.05) is 0 Å². The van der Waals surface area contributed by atoms with E-state index in [9.17, 15) is 9.59 Å². The zero-order chi connectivity index (χ0) is 13.1. The molecule has 0 aromatic heterocycles. The summed E-state index contributed by atoms with van der Waals surface area (Å²) < 4.78 is 10.5. The molecule has 1 N–H and O–H groups in total. The highest BCUT2D eigenvalue weighted by Crippen LogP contribution is 2.12. The van der Waals surface area contributed by atoms with Crippen molar-refractivity contribution >= 4 is 11.9 Å². The summed E-state index contributed by atoms with van der Waals surface area (Å²) in [6, 6.07) is 0. The van der Waals surface area contributed by atoms with Crippen LogP contribution in [0.25, 0.3) is 0 Å². The van der Waals surface area contributed by atoms with Gasteiger partial charge in [0.25, 0.3) is 0 Å².